The molecule has 0 spiro atoms. The number of rotatable bonds is 2. The van der Waals surface area contributed by atoms with Gasteiger partial charge in [0.05, 0.1) is 12.6 Å². The van der Waals surface area contributed by atoms with E-state index in [1.54, 1.807) is 0 Å². The van der Waals surface area contributed by atoms with Crippen molar-refractivity contribution < 1.29 is 14.6 Å². The quantitative estimate of drug-likeness (QED) is 0.814. The van der Waals surface area contributed by atoms with Crippen molar-refractivity contribution in [2.24, 2.45) is 0 Å². The lowest BCUT2D eigenvalue weighted by Crippen LogP contribution is -2.35. The Morgan fingerprint density at radius 1 is 1.53 bits per heavy atom. The highest BCUT2D eigenvalue weighted by Gasteiger charge is 2.22. The minimum Gasteiger partial charge on any atom is -0.493 e. The molecule has 1 aliphatic heterocycles. The molecule has 0 radical (unpaired) electrons. The van der Waals surface area contributed by atoms with E-state index in [1.807, 2.05) is 24.3 Å². The first-order chi connectivity index (χ1) is 8.18. The van der Waals surface area contributed by atoms with Crippen molar-refractivity contribution in [1.29, 1.82) is 0 Å². The Bertz CT molecular complexity index is 403. The maximum Gasteiger partial charge on any atom is 0.249 e. The van der Waals surface area contributed by atoms with Crippen molar-refractivity contribution in [3.05, 3.63) is 29.8 Å². The first kappa shape index (κ1) is 11.9. The molecule has 1 aliphatic rings. The lowest BCUT2D eigenvalue weighted by Gasteiger charge is -2.19. The molecule has 0 bridgehead atoms. The van der Waals surface area contributed by atoms with Gasteiger partial charge < -0.3 is 15.2 Å². The number of carbonyl (C=O) groups excluding carboxylic acids is 1. The van der Waals surface area contributed by atoms with E-state index in [0.29, 0.717) is 6.61 Å². The highest BCUT2D eigenvalue weighted by atomic mass is 16.5. The van der Waals surface area contributed by atoms with E-state index >= 15 is 0 Å². The molecule has 4 nitrogen and oxygen atoms in total. The molecule has 0 aliphatic carbocycles. The lowest BCUT2D eigenvalue weighted by molar-refractivity contribution is -0.129. The van der Waals surface area contributed by atoms with Crippen molar-refractivity contribution in [2.75, 3.05) is 6.61 Å². The van der Waals surface area contributed by atoms with Crippen LogP contribution in [0.4, 0.5) is 0 Å². The number of para-hydroxylation sites is 1. The van der Waals surface area contributed by atoms with Gasteiger partial charge in [0.15, 0.2) is 0 Å². The average Bonchev–Trinajstić information content (AvgIpc) is 2.52. The standard InChI is InChI=1S/C13H17NO3/c1-9(15)13(16)14-11-6-4-8-17-12-7-3-2-5-10(11)12/h2-3,5,7,9,11,15H,4,6,8H2,1H3,(H,14,16). The molecule has 92 valence electrons. The van der Waals surface area contributed by atoms with Gasteiger partial charge in [0, 0.05) is 5.56 Å². The van der Waals surface area contributed by atoms with Crippen LogP contribution in [0.3, 0.4) is 0 Å². The van der Waals surface area contributed by atoms with E-state index in [4.69, 9.17) is 4.74 Å². The Labute approximate surface area is 101 Å². The molecule has 0 saturated heterocycles. The van der Waals surface area contributed by atoms with E-state index in [2.05, 4.69) is 5.32 Å². The molecule has 2 rings (SSSR count). The van der Waals surface area contributed by atoms with Crippen molar-refractivity contribution >= 4 is 5.91 Å². The number of nitrogens with one attached hydrogen (secondary N) is 1. The number of amides is 1. The minimum atomic E-state index is -0.980. The van der Waals surface area contributed by atoms with Crippen LogP contribution in [0.5, 0.6) is 5.75 Å². The largest absolute Gasteiger partial charge is 0.493 e. The van der Waals surface area contributed by atoms with Gasteiger partial charge in [-0.2, -0.15) is 0 Å². The SMILES string of the molecule is CC(O)C(=O)NC1CCCOc2ccccc21. The lowest BCUT2D eigenvalue weighted by atomic mass is 10.0. The van der Waals surface area contributed by atoms with Gasteiger partial charge in [-0.05, 0) is 25.8 Å². The highest BCUT2D eigenvalue weighted by molar-refractivity contribution is 5.80. The molecular formula is C13H17NO3. The summed E-state index contributed by atoms with van der Waals surface area (Å²) in [5.74, 6) is 0.479. The Morgan fingerprint density at radius 3 is 3.06 bits per heavy atom. The average molecular weight is 235 g/mol. The van der Waals surface area contributed by atoms with Crippen molar-refractivity contribution in [3.63, 3.8) is 0 Å². The molecule has 1 amide bonds. The number of aliphatic hydroxyl groups excluding tert-OH is 1. The van der Waals surface area contributed by atoms with Gasteiger partial charge in [-0.15, -0.1) is 0 Å². The van der Waals surface area contributed by atoms with Crippen LogP contribution in [-0.2, 0) is 4.79 Å². The predicted octanol–water partition coefficient (Wildman–Crippen LogP) is 1.40. The molecule has 1 aromatic rings. The minimum absolute atomic E-state index is 0.0733. The maximum atomic E-state index is 11.5. The summed E-state index contributed by atoms with van der Waals surface area (Å²) in [5, 5.41) is 12.1. The third-order valence-corrected chi connectivity index (χ3v) is 2.89. The van der Waals surface area contributed by atoms with Crippen LogP contribution >= 0.6 is 0 Å². The van der Waals surface area contributed by atoms with Gasteiger partial charge in [-0.3, -0.25) is 4.79 Å². The highest BCUT2D eigenvalue weighted by Crippen LogP contribution is 2.31. The summed E-state index contributed by atoms with van der Waals surface area (Å²) in [7, 11) is 0. The Morgan fingerprint density at radius 2 is 2.29 bits per heavy atom. The first-order valence-corrected chi connectivity index (χ1v) is 5.88. The number of benzene rings is 1. The molecule has 0 fully saturated rings. The molecule has 4 heteroatoms. The van der Waals surface area contributed by atoms with Gasteiger partial charge >= 0.3 is 0 Å². The van der Waals surface area contributed by atoms with Crippen LogP contribution < -0.4 is 10.1 Å². The van der Waals surface area contributed by atoms with Crippen LogP contribution in [-0.4, -0.2) is 23.7 Å². The van der Waals surface area contributed by atoms with Crippen molar-refractivity contribution in [3.8, 4) is 5.75 Å². The fourth-order valence-corrected chi connectivity index (χ4v) is 1.97. The van der Waals surface area contributed by atoms with Crippen molar-refractivity contribution in [2.45, 2.75) is 31.9 Å². The maximum absolute atomic E-state index is 11.5. The first-order valence-electron chi connectivity index (χ1n) is 5.88. The number of fused-ring (bicyclic) bond motifs is 1. The third kappa shape index (κ3) is 2.77. The number of carbonyl (C=O) groups is 1. The monoisotopic (exact) mass is 235 g/mol. The zero-order valence-electron chi connectivity index (χ0n) is 9.85. The topological polar surface area (TPSA) is 58.6 Å². The van der Waals surface area contributed by atoms with E-state index in [0.717, 1.165) is 24.2 Å². The predicted molar refractivity (Wildman–Crippen MR) is 63.7 cm³/mol. The molecule has 2 atom stereocenters. The summed E-state index contributed by atoms with van der Waals surface area (Å²) in [6, 6.07) is 7.62. The summed E-state index contributed by atoms with van der Waals surface area (Å²) in [5.41, 5.74) is 0.985. The molecule has 0 saturated carbocycles. The van der Waals surface area contributed by atoms with Crippen molar-refractivity contribution in [1.82, 2.24) is 5.32 Å². The van der Waals surface area contributed by atoms with E-state index in [9.17, 15) is 9.90 Å². The number of aliphatic hydroxyl groups is 1. The Kier molecular flexibility index (Phi) is 3.64. The van der Waals surface area contributed by atoms with Gasteiger partial charge in [-0.25, -0.2) is 0 Å². The molecule has 2 N–H and O–H groups in total. The third-order valence-electron chi connectivity index (χ3n) is 2.89. The molecule has 0 aromatic heterocycles. The zero-order chi connectivity index (χ0) is 12.3. The molecule has 2 unspecified atom stereocenters. The van der Waals surface area contributed by atoms with Gasteiger partial charge in [0.1, 0.15) is 11.9 Å². The molecular weight excluding hydrogens is 218 g/mol. The second kappa shape index (κ2) is 5.19. The van der Waals surface area contributed by atoms with Crippen LogP contribution in [0, 0.1) is 0 Å². The normalized spacial score (nSPS) is 20.7. The number of ether oxygens (including phenoxy) is 1. The summed E-state index contributed by atoms with van der Waals surface area (Å²) < 4.78 is 5.61. The smallest absolute Gasteiger partial charge is 0.249 e. The van der Waals surface area contributed by atoms with E-state index in [1.165, 1.54) is 6.92 Å². The summed E-state index contributed by atoms with van der Waals surface area (Å²) >= 11 is 0. The van der Waals surface area contributed by atoms with Crippen LogP contribution in [0.1, 0.15) is 31.4 Å². The zero-order valence-corrected chi connectivity index (χ0v) is 9.85. The number of hydrogen-bond donors (Lipinski definition) is 2. The van der Waals surface area contributed by atoms with Crippen LogP contribution in [0.25, 0.3) is 0 Å². The molecule has 17 heavy (non-hydrogen) atoms. The van der Waals surface area contributed by atoms with Gasteiger partial charge in [-0.1, -0.05) is 18.2 Å². The Balaban J connectivity index is 2.20. The van der Waals surface area contributed by atoms with Gasteiger partial charge in [0.25, 0.3) is 0 Å². The fourth-order valence-electron chi connectivity index (χ4n) is 1.97. The summed E-state index contributed by atoms with van der Waals surface area (Å²) in [4.78, 5) is 11.5. The van der Waals surface area contributed by atoms with Crippen LogP contribution in [0.15, 0.2) is 24.3 Å². The second-order valence-electron chi connectivity index (χ2n) is 4.27. The second-order valence-corrected chi connectivity index (χ2v) is 4.27. The van der Waals surface area contributed by atoms with Crippen LogP contribution in [0.2, 0.25) is 0 Å². The summed E-state index contributed by atoms with van der Waals surface area (Å²) in [6.07, 6.45) is 0.737. The van der Waals surface area contributed by atoms with E-state index in [-0.39, 0.29) is 11.9 Å². The summed E-state index contributed by atoms with van der Waals surface area (Å²) in [6.45, 7) is 2.13. The van der Waals surface area contributed by atoms with Gasteiger partial charge in [0.2, 0.25) is 5.91 Å². The van der Waals surface area contributed by atoms with E-state index < -0.39 is 6.10 Å². The molecule has 1 heterocycles. The fraction of sp³-hybridized carbons (Fsp3) is 0.462. The molecule has 1 aromatic carbocycles. The number of hydrogen-bond acceptors (Lipinski definition) is 3. The Hall–Kier alpha value is -1.55.